The van der Waals surface area contributed by atoms with Crippen LogP contribution in [0.25, 0.3) is 0 Å². The van der Waals surface area contributed by atoms with Gasteiger partial charge in [0.2, 0.25) is 0 Å². The third kappa shape index (κ3) is 5.73. The normalized spacial score (nSPS) is 13.3. The summed E-state index contributed by atoms with van der Waals surface area (Å²) in [4.78, 5) is 32.2. The number of aryl methyl sites for hydroxylation is 1. The Hall–Kier alpha value is -3.87. The summed E-state index contributed by atoms with van der Waals surface area (Å²) < 4.78 is 0. The molecule has 0 aliphatic carbocycles. The molecule has 1 aromatic heterocycles. The van der Waals surface area contributed by atoms with Crippen molar-refractivity contribution < 1.29 is 9.59 Å². The van der Waals surface area contributed by atoms with Crippen molar-refractivity contribution in [2.45, 2.75) is 39.7 Å². The zero-order chi connectivity index (χ0) is 23.9. The number of nitrogens with zero attached hydrogens (tertiary/aromatic N) is 2. The minimum atomic E-state index is -0.346. The minimum Gasteiger partial charge on any atom is -0.371 e. The number of pyridine rings is 1. The van der Waals surface area contributed by atoms with Crippen molar-refractivity contribution in [3.05, 3.63) is 83.2 Å². The van der Waals surface area contributed by atoms with Gasteiger partial charge >= 0.3 is 6.03 Å². The third-order valence-electron chi connectivity index (χ3n) is 6.22. The predicted molar refractivity (Wildman–Crippen MR) is 136 cm³/mol. The van der Waals surface area contributed by atoms with Crippen molar-refractivity contribution >= 4 is 29.0 Å². The van der Waals surface area contributed by atoms with Gasteiger partial charge in [-0.05, 0) is 80.1 Å². The summed E-state index contributed by atoms with van der Waals surface area (Å²) in [6.07, 6.45) is 6.86. The van der Waals surface area contributed by atoms with Gasteiger partial charge in [0.25, 0.3) is 5.91 Å². The molecular weight excluding hydrogens is 426 g/mol. The van der Waals surface area contributed by atoms with Gasteiger partial charge in [-0.1, -0.05) is 18.2 Å². The zero-order valence-corrected chi connectivity index (χ0v) is 19.7. The number of nitrogens with one attached hydrogen (secondary N) is 3. The van der Waals surface area contributed by atoms with Crippen LogP contribution >= 0.6 is 0 Å². The summed E-state index contributed by atoms with van der Waals surface area (Å²) in [5, 5.41) is 8.78. The van der Waals surface area contributed by atoms with Gasteiger partial charge in [0.15, 0.2) is 0 Å². The number of hydrogen-bond donors (Lipinski definition) is 3. The monoisotopic (exact) mass is 457 g/mol. The summed E-state index contributed by atoms with van der Waals surface area (Å²) in [7, 11) is 0. The largest absolute Gasteiger partial charge is 0.371 e. The number of carbonyl (C=O) groups excluding carboxylic acids is 2. The Morgan fingerprint density at radius 1 is 0.971 bits per heavy atom. The molecule has 34 heavy (non-hydrogen) atoms. The van der Waals surface area contributed by atoms with E-state index in [0.29, 0.717) is 17.8 Å². The molecule has 2 aromatic carbocycles. The van der Waals surface area contributed by atoms with Gasteiger partial charge in [0.1, 0.15) is 0 Å². The third-order valence-corrected chi connectivity index (χ3v) is 6.22. The molecular formula is C27H31N5O2. The van der Waals surface area contributed by atoms with Gasteiger partial charge in [0.05, 0.1) is 5.56 Å². The Morgan fingerprint density at radius 3 is 2.56 bits per heavy atom. The van der Waals surface area contributed by atoms with E-state index in [1.54, 1.807) is 18.5 Å². The van der Waals surface area contributed by atoms with Crippen LogP contribution in [-0.4, -0.2) is 30.0 Å². The minimum absolute atomic E-state index is 0.178. The van der Waals surface area contributed by atoms with Crippen molar-refractivity contribution in [1.29, 1.82) is 0 Å². The Balaban J connectivity index is 1.53. The average molecular weight is 458 g/mol. The fraction of sp³-hybridized carbons (Fsp3) is 0.296. The fourth-order valence-corrected chi connectivity index (χ4v) is 4.16. The van der Waals surface area contributed by atoms with E-state index in [1.807, 2.05) is 56.3 Å². The van der Waals surface area contributed by atoms with Gasteiger partial charge in [-0.25, -0.2) is 4.79 Å². The van der Waals surface area contributed by atoms with E-state index in [-0.39, 0.29) is 11.9 Å². The van der Waals surface area contributed by atoms with E-state index in [9.17, 15) is 9.59 Å². The lowest BCUT2D eigenvalue weighted by atomic mass is 10.1. The van der Waals surface area contributed by atoms with E-state index in [2.05, 4.69) is 25.8 Å². The van der Waals surface area contributed by atoms with Crippen molar-refractivity contribution in [1.82, 2.24) is 10.3 Å². The highest BCUT2D eigenvalue weighted by molar-refractivity contribution is 6.04. The Labute approximate surface area is 200 Å². The lowest BCUT2D eigenvalue weighted by Crippen LogP contribution is -2.33. The summed E-state index contributed by atoms with van der Waals surface area (Å²) >= 11 is 0. The molecule has 1 fully saturated rings. The van der Waals surface area contributed by atoms with Crippen LogP contribution in [0.4, 0.5) is 21.9 Å². The van der Waals surface area contributed by atoms with Gasteiger partial charge in [-0.15, -0.1) is 0 Å². The predicted octanol–water partition coefficient (Wildman–Crippen LogP) is 5.26. The second kappa shape index (κ2) is 10.8. The second-order valence-electron chi connectivity index (χ2n) is 8.65. The van der Waals surface area contributed by atoms with Crippen LogP contribution in [-0.2, 0) is 6.54 Å². The zero-order valence-electron chi connectivity index (χ0n) is 19.7. The molecule has 7 heteroatoms. The maximum Gasteiger partial charge on any atom is 0.323 e. The quantitative estimate of drug-likeness (QED) is 0.471. The maximum atomic E-state index is 13.2. The molecule has 1 saturated heterocycles. The number of rotatable bonds is 6. The number of benzene rings is 2. The van der Waals surface area contributed by atoms with Crippen molar-refractivity contribution in [3.63, 3.8) is 0 Å². The van der Waals surface area contributed by atoms with Gasteiger partial charge in [0, 0.05) is 49.1 Å². The second-order valence-corrected chi connectivity index (χ2v) is 8.65. The molecule has 4 rings (SSSR count). The highest BCUT2D eigenvalue weighted by atomic mass is 16.2. The highest BCUT2D eigenvalue weighted by Crippen LogP contribution is 2.28. The summed E-state index contributed by atoms with van der Waals surface area (Å²) in [6, 6.07) is 14.8. The SMILES string of the molecule is Cc1cccc(NC(=O)Nc2ccc(N3CCCCC3)c(C(=O)NCc3cccnc3)c2)c1C. The topological polar surface area (TPSA) is 86.4 Å². The molecule has 3 amide bonds. The van der Waals surface area contributed by atoms with E-state index in [0.717, 1.165) is 54.0 Å². The highest BCUT2D eigenvalue weighted by Gasteiger charge is 2.20. The van der Waals surface area contributed by atoms with Crippen LogP contribution < -0.4 is 20.9 Å². The lowest BCUT2D eigenvalue weighted by molar-refractivity contribution is 0.0951. The molecule has 0 spiro atoms. The molecule has 0 radical (unpaired) electrons. The number of amides is 3. The Kier molecular flexibility index (Phi) is 7.42. The van der Waals surface area contributed by atoms with E-state index >= 15 is 0 Å². The molecule has 1 aliphatic rings. The first-order valence-electron chi connectivity index (χ1n) is 11.7. The number of urea groups is 1. The van der Waals surface area contributed by atoms with E-state index in [4.69, 9.17) is 0 Å². The fourth-order valence-electron chi connectivity index (χ4n) is 4.16. The molecule has 3 N–H and O–H groups in total. The first-order chi connectivity index (χ1) is 16.5. The van der Waals surface area contributed by atoms with Crippen molar-refractivity contribution in [2.75, 3.05) is 28.6 Å². The molecule has 0 atom stereocenters. The summed E-state index contributed by atoms with van der Waals surface area (Å²) in [5.74, 6) is -0.178. The number of piperidine rings is 1. The molecule has 176 valence electrons. The standard InChI is InChI=1S/C27H31N5O2/c1-19-8-6-10-24(20(19)2)31-27(34)30-22-11-12-25(32-14-4-3-5-15-32)23(16-22)26(33)29-18-21-9-7-13-28-17-21/h6-13,16-17H,3-5,14-15,18H2,1-2H3,(H,29,33)(H2,30,31,34). The first-order valence-corrected chi connectivity index (χ1v) is 11.7. The number of anilines is 3. The van der Waals surface area contributed by atoms with Crippen LogP contribution in [0, 0.1) is 13.8 Å². The van der Waals surface area contributed by atoms with Crippen LogP contribution in [0.3, 0.4) is 0 Å². The maximum absolute atomic E-state index is 13.2. The number of aromatic nitrogens is 1. The van der Waals surface area contributed by atoms with Crippen LogP contribution in [0.15, 0.2) is 60.9 Å². The van der Waals surface area contributed by atoms with Gasteiger partial charge < -0.3 is 20.9 Å². The average Bonchev–Trinajstić information content (AvgIpc) is 2.86. The summed E-state index contributed by atoms with van der Waals surface area (Å²) in [5.41, 5.74) is 5.83. The van der Waals surface area contributed by atoms with Crippen molar-refractivity contribution in [3.8, 4) is 0 Å². The van der Waals surface area contributed by atoms with Gasteiger partial charge in [-0.2, -0.15) is 0 Å². The summed E-state index contributed by atoms with van der Waals surface area (Å²) in [6.45, 7) is 6.21. The number of hydrogen-bond acceptors (Lipinski definition) is 4. The Bertz CT molecular complexity index is 1160. The van der Waals surface area contributed by atoms with Gasteiger partial charge in [-0.3, -0.25) is 9.78 Å². The lowest BCUT2D eigenvalue weighted by Gasteiger charge is -2.30. The molecule has 0 bridgehead atoms. The van der Waals surface area contributed by atoms with E-state index < -0.39 is 0 Å². The molecule has 3 aromatic rings. The van der Waals surface area contributed by atoms with Crippen LogP contribution in [0.5, 0.6) is 0 Å². The molecule has 0 unspecified atom stereocenters. The van der Waals surface area contributed by atoms with Crippen LogP contribution in [0.2, 0.25) is 0 Å². The molecule has 1 aliphatic heterocycles. The molecule has 7 nitrogen and oxygen atoms in total. The first kappa shape index (κ1) is 23.3. The smallest absolute Gasteiger partial charge is 0.323 e. The van der Waals surface area contributed by atoms with Crippen LogP contribution in [0.1, 0.15) is 46.3 Å². The van der Waals surface area contributed by atoms with Crippen molar-refractivity contribution in [2.24, 2.45) is 0 Å². The number of carbonyl (C=O) groups is 2. The molecule has 0 saturated carbocycles. The Morgan fingerprint density at radius 2 is 1.79 bits per heavy atom. The van der Waals surface area contributed by atoms with E-state index in [1.165, 1.54) is 6.42 Å². The molecule has 2 heterocycles.